The molecular formula is C17H27N3O2. The first-order valence-electron chi connectivity index (χ1n) is 8.30. The van der Waals surface area contributed by atoms with E-state index in [4.69, 9.17) is 0 Å². The Balaban J connectivity index is 2.35. The van der Waals surface area contributed by atoms with Crippen molar-refractivity contribution in [3.05, 3.63) is 33.7 Å². The van der Waals surface area contributed by atoms with Crippen LogP contribution in [0.1, 0.15) is 55.6 Å². The Kier molecular flexibility index (Phi) is 5.77. The van der Waals surface area contributed by atoms with Crippen molar-refractivity contribution < 1.29 is 4.79 Å². The molecule has 1 N–H and O–H groups in total. The van der Waals surface area contributed by atoms with Crippen LogP contribution in [0.2, 0.25) is 0 Å². The second-order valence-corrected chi connectivity index (χ2v) is 6.18. The van der Waals surface area contributed by atoms with E-state index in [-0.39, 0.29) is 17.4 Å². The SMILES string of the molecule is CCCCn1c(C(C)C)ccc(C(=O)N2CCNCC2)c1=O. The lowest BCUT2D eigenvalue weighted by Crippen LogP contribution is -2.48. The Hall–Kier alpha value is -1.62. The van der Waals surface area contributed by atoms with Gasteiger partial charge in [0, 0.05) is 38.4 Å². The topological polar surface area (TPSA) is 54.3 Å². The van der Waals surface area contributed by atoms with Gasteiger partial charge in [-0.3, -0.25) is 9.59 Å². The van der Waals surface area contributed by atoms with Gasteiger partial charge in [0.25, 0.3) is 11.5 Å². The molecule has 2 rings (SSSR count). The molecule has 1 aromatic rings. The quantitative estimate of drug-likeness (QED) is 0.903. The summed E-state index contributed by atoms with van der Waals surface area (Å²) in [6, 6.07) is 3.65. The molecule has 1 aromatic heterocycles. The van der Waals surface area contributed by atoms with Crippen molar-refractivity contribution in [2.24, 2.45) is 0 Å². The van der Waals surface area contributed by atoms with E-state index in [9.17, 15) is 9.59 Å². The molecule has 1 aliphatic heterocycles. The highest BCUT2D eigenvalue weighted by molar-refractivity contribution is 5.94. The molecule has 0 unspecified atom stereocenters. The number of nitrogens with zero attached hydrogens (tertiary/aromatic N) is 2. The van der Waals surface area contributed by atoms with Gasteiger partial charge in [0.1, 0.15) is 5.56 Å². The van der Waals surface area contributed by atoms with E-state index in [1.807, 2.05) is 6.07 Å². The van der Waals surface area contributed by atoms with Gasteiger partial charge >= 0.3 is 0 Å². The summed E-state index contributed by atoms with van der Waals surface area (Å²) in [5, 5.41) is 3.22. The van der Waals surface area contributed by atoms with Crippen molar-refractivity contribution in [1.29, 1.82) is 0 Å². The van der Waals surface area contributed by atoms with Crippen molar-refractivity contribution in [3.8, 4) is 0 Å². The molecule has 0 radical (unpaired) electrons. The molecule has 0 atom stereocenters. The average molecular weight is 305 g/mol. The summed E-state index contributed by atoms with van der Waals surface area (Å²) in [5.41, 5.74) is 1.18. The summed E-state index contributed by atoms with van der Waals surface area (Å²) < 4.78 is 1.80. The third-order valence-corrected chi connectivity index (χ3v) is 4.17. The fraction of sp³-hybridized carbons (Fsp3) is 0.647. The van der Waals surface area contributed by atoms with Crippen LogP contribution in [0.4, 0.5) is 0 Å². The van der Waals surface area contributed by atoms with Crippen molar-refractivity contribution >= 4 is 5.91 Å². The second kappa shape index (κ2) is 7.58. The van der Waals surface area contributed by atoms with Gasteiger partial charge in [0.05, 0.1) is 0 Å². The predicted octanol–water partition coefficient (Wildman–Crippen LogP) is 1.82. The third kappa shape index (κ3) is 3.58. The lowest BCUT2D eigenvalue weighted by Gasteiger charge is -2.27. The first kappa shape index (κ1) is 16.7. The molecule has 22 heavy (non-hydrogen) atoms. The van der Waals surface area contributed by atoms with Gasteiger partial charge in [-0.2, -0.15) is 0 Å². The second-order valence-electron chi connectivity index (χ2n) is 6.18. The summed E-state index contributed by atoms with van der Waals surface area (Å²) in [7, 11) is 0. The molecule has 0 bridgehead atoms. The van der Waals surface area contributed by atoms with Crippen LogP contribution >= 0.6 is 0 Å². The molecule has 1 fully saturated rings. The molecule has 122 valence electrons. The first-order valence-corrected chi connectivity index (χ1v) is 8.30. The number of aromatic nitrogens is 1. The molecule has 0 saturated carbocycles. The van der Waals surface area contributed by atoms with Crippen molar-refractivity contribution in [2.45, 2.75) is 46.1 Å². The molecule has 5 nitrogen and oxygen atoms in total. The molecule has 1 aliphatic rings. The highest BCUT2D eigenvalue weighted by Gasteiger charge is 2.22. The van der Waals surface area contributed by atoms with Crippen LogP contribution in [-0.2, 0) is 6.54 Å². The number of unbranched alkanes of at least 4 members (excludes halogenated alkanes) is 1. The fourth-order valence-electron chi connectivity index (χ4n) is 2.84. The minimum absolute atomic E-state index is 0.132. The lowest BCUT2D eigenvalue weighted by atomic mass is 10.1. The number of piperazine rings is 1. The first-order chi connectivity index (χ1) is 10.6. The van der Waals surface area contributed by atoms with Gasteiger partial charge in [-0.15, -0.1) is 0 Å². The number of carbonyl (C=O) groups excluding carboxylic acids is 1. The Labute approximate surface area is 132 Å². The molecule has 5 heteroatoms. The van der Waals surface area contributed by atoms with E-state index >= 15 is 0 Å². The normalized spacial score (nSPS) is 15.4. The van der Waals surface area contributed by atoms with Crippen LogP contribution in [0, 0.1) is 0 Å². The standard InChI is InChI=1S/C17H27N3O2/c1-4-5-10-20-15(13(2)3)7-6-14(17(20)22)16(21)19-11-8-18-9-12-19/h6-7,13,18H,4-5,8-12H2,1-3H3. The number of carbonyl (C=O) groups is 1. The summed E-state index contributed by atoms with van der Waals surface area (Å²) >= 11 is 0. The summed E-state index contributed by atoms with van der Waals surface area (Å²) in [6.07, 6.45) is 1.98. The Morgan fingerprint density at radius 1 is 1.27 bits per heavy atom. The number of rotatable bonds is 5. The zero-order chi connectivity index (χ0) is 16.1. The number of pyridine rings is 1. The van der Waals surface area contributed by atoms with Gasteiger partial charge in [0.2, 0.25) is 0 Å². The Bertz CT molecular complexity index is 572. The van der Waals surface area contributed by atoms with Crippen molar-refractivity contribution in [2.75, 3.05) is 26.2 Å². The predicted molar refractivity (Wildman–Crippen MR) is 88.5 cm³/mol. The summed E-state index contributed by atoms with van der Waals surface area (Å²) in [4.78, 5) is 27.2. The van der Waals surface area contributed by atoms with Gasteiger partial charge in [-0.1, -0.05) is 27.2 Å². The number of nitrogens with one attached hydrogen (secondary N) is 1. The molecule has 0 aromatic carbocycles. The van der Waals surface area contributed by atoms with Gasteiger partial charge in [-0.05, 0) is 24.5 Å². The maximum Gasteiger partial charge on any atom is 0.263 e. The highest BCUT2D eigenvalue weighted by atomic mass is 16.2. The van der Waals surface area contributed by atoms with Crippen LogP contribution in [-0.4, -0.2) is 41.6 Å². The van der Waals surface area contributed by atoms with E-state index < -0.39 is 0 Å². The maximum atomic E-state index is 12.8. The number of hydrogen-bond acceptors (Lipinski definition) is 3. The molecular weight excluding hydrogens is 278 g/mol. The minimum Gasteiger partial charge on any atom is -0.336 e. The average Bonchev–Trinajstić information content (AvgIpc) is 2.53. The molecule has 0 aliphatic carbocycles. The maximum absolute atomic E-state index is 12.8. The Morgan fingerprint density at radius 3 is 2.55 bits per heavy atom. The van der Waals surface area contributed by atoms with Crippen LogP contribution in [0.3, 0.4) is 0 Å². The molecule has 1 saturated heterocycles. The largest absolute Gasteiger partial charge is 0.336 e. The van der Waals surface area contributed by atoms with E-state index in [2.05, 4.69) is 26.1 Å². The van der Waals surface area contributed by atoms with Crippen LogP contribution < -0.4 is 10.9 Å². The van der Waals surface area contributed by atoms with Crippen LogP contribution in [0.25, 0.3) is 0 Å². The fourth-order valence-corrected chi connectivity index (χ4v) is 2.84. The van der Waals surface area contributed by atoms with Crippen molar-refractivity contribution in [1.82, 2.24) is 14.8 Å². The van der Waals surface area contributed by atoms with Crippen molar-refractivity contribution in [3.63, 3.8) is 0 Å². The number of hydrogen-bond donors (Lipinski definition) is 1. The van der Waals surface area contributed by atoms with E-state index in [0.717, 1.165) is 31.6 Å². The molecule has 0 spiro atoms. The summed E-state index contributed by atoms with van der Waals surface area (Å²) in [6.45, 7) is 9.86. The van der Waals surface area contributed by atoms with E-state index in [1.54, 1.807) is 15.5 Å². The summed E-state index contributed by atoms with van der Waals surface area (Å²) in [5.74, 6) is 0.139. The lowest BCUT2D eigenvalue weighted by molar-refractivity contribution is 0.0733. The van der Waals surface area contributed by atoms with Crippen LogP contribution in [0.5, 0.6) is 0 Å². The minimum atomic E-state index is -0.136. The van der Waals surface area contributed by atoms with Gasteiger partial charge in [0.15, 0.2) is 0 Å². The molecule has 2 heterocycles. The number of amides is 1. The third-order valence-electron chi connectivity index (χ3n) is 4.17. The van der Waals surface area contributed by atoms with Crippen LogP contribution in [0.15, 0.2) is 16.9 Å². The van der Waals surface area contributed by atoms with Gasteiger partial charge < -0.3 is 14.8 Å². The Morgan fingerprint density at radius 2 is 1.95 bits per heavy atom. The molecule has 1 amide bonds. The highest BCUT2D eigenvalue weighted by Crippen LogP contribution is 2.15. The van der Waals surface area contributed by atoms with E-state index in [0.29, 0.717) is 25.2 Å². The van der Waals surface area contributed by atoms with Gasteiger partial charge in [-0.25, -0.2) is 0 Å². The zero-order valence-electron chi connectivity index (χ0n) is 13.9. The monoisotopic (exact) mass is 305 g/mol. The smallest absolute Gasteiger partial charge is 0.263 e. The van der Waals surface area contributed by atoms with E-state index in [1.165, 1.54) is 0 Å². The zero-order valence-corrected chi connectivity index (χ0v) is 13.9.